The Morgan fingerprint density at radius 1 is 1.47 bits per heavy atom. The zero-order chi connectivity index (χ0) is 13.7. The minimum Gasteiger partial charge on any atom is -0.492 e. The van der Waals surface area contributed by atoms with E-state index >= 15 is 0 Å². The first-order valence-corrected chi connectivity index (χ1v) is 5.82. The van der Waals surface area contributed by atoms with E-state index in [1.165, 1.54) is 21.7 Å². The van der Waals surface area contributed by atoms with E-state index in [0.29, 0.717) is 24.7 Å². The SMILES string of the molecule is Cn1nnc(Cn2ncc(OCCCN)cc2=O)n1. The molecule has 0 unspecified atom stereocenters. The second kappa shape index (κ2) is 6.05. The molecule has 0 spiro atoms. The third-order valence-corrected chi connectivity index (χ3v) is 2.30. The summed E-state index contributed by atoms with van der Waals surface area (Å²) in [6.45, 7) is 1.19. The summed E-state index contributed by atoms with van der Waals surface area (Å²) in [4.78, 5) is 13.1. The van der Waals surface area contributed by atoms with Crippen LogP contribution in [0.1, 0.15) is 12.2 Å². The third kappa shape index (κ3) is 3.58. The molecule has 0 saturated heterocycles. The molecule has 9 nitrogen and oxygen atoms in total. The fraction of sp³-hybridized carbons (Fsp3) is 0.500. The van der Waals surface area contributed by atoms with Crippen molar-refractivity contribution >= 4 is 0 Å². The number of aromatic nitrogens is 6. The van der Waals surface area contributed by atoms with Crippen molar-refractivity contribution in [3.05, 3.63) is 28.4 Å². The van der Waals surface area contributed by atoms with E-state index in [-0.39, 0.29) is 12.1 Å². The van der Waals surface area contributed by atoms with Crippen molar-refractivity contribution in [3.8, 4) is 5.75 Å². The summed E-state index contributed by atoms with van der Waals surface area (Å²) in [5.41, 5.74) is 5.07. The maximum Gasteiger partial charge on any atom is 0.270 e. The zero-order valence-electron chi connectivity index (χ0n) is 10.6. The Balaban J connectivity index is 2.04. The van der Waals surface area contributed by atoms with Crippen LogP contribution in [0.2, 0.25) is 0 Å². The predicted octanol–water partition coefficient (Wildman–Crippen LogP) is -1.46. The minimum absolute atomic E-state index is 0.176. The molecule has 0 aromatic carbocycles. The summed E-state index contributed by atoms with van der Waals surface area (Å²) in [6, 6.07) is 1.37. The fourth-order valence-electron chi connectivity index (χ4n) is 1.41. The summed E-state index contributed by atoms with van der Waals surface area (Å²) < 4.78 is 6.58. The molecule has 0 aliphatic carbocycles. The lowest BCUT2D eigenvalue weighted by Crippen LogP contribution is -2.23. The molecule has 2 heterocycles. The molecule has 0 aliphatic rings. The zero-order valence-corrected chi connectivity index (χ0v) is 10.6. The largest absolute Gasteiger partial charge is 0.492 e. The van der Waals surface area contributed by atoms with Gasteiger partial charge in [-0.3, -0.25) is 4.79 Å². The van der Waals surface area contributed by atoms with E-state index in [4.69, 9.17) is 10.5 Å². The van der Waals surface area contributed by atoms with Crippen molar-refractivity contribution in [1.82, 2.24) is 30.0 Å². The molecule has 0 fully saturated rings. The number of tetrazole rings is 1. The molecule has 0 bridgehead atoms. The van der Waals surface area contributed by atoms with Gasteiger partial charge < -0.3 is 10.5 Å². The highest BCUT2D eigenvalue weighted by atomic mass is 16.5. The van der Waals surface area contributed by atoms with Crippen LogP contribution in [0.4, 0.5) is 0 Å². The molecular weight excluding hydrogens is 250 g/mol. The second-order valence-corrected chi connectivity index (χ2v) is 3.87. The second-order valence-electron chi connectivity index (χ2n) is 3.87. The van der Waals surface area contributed by atoms with Crippen molar-refractivity contribution < 1.29 is 4.74 Å². The van der Waals surface area contributed by atoms with Gasteiger partial charge in [-0.2, -0.15) is 9.90 Å². The molecule has 0 amide bonds. The van der Waals surface area contributed by atoms with E-state index in [2.05, 4.69) is 20.5 Å². The Kier molecular flexibility index (Phi) is 4.18. The van der Waals surface area contributed by atoms with Crippen LogP contribution < -0.4 is 16.0 Å². The first-order chi connectivity index (χ1) is 9.19. The quantitative estimate of drug-likeness (QED) is 0.635. The molecule has 19 heavy (non-hydrogen) atoms. The lowest BCUT2D eigenvalue weighted by Gasteiger charge is -2.05. The number of hydrogen-bond acceptors (Lipinski definition) is 7. The lowest BCUT2D eigenvalue weighted by molar-refractivity contribution is 0.309. The smallest absolute Gasteiger partial charge is 0.270 e. The van der Waals surface area contributed by atoms with Crippen LogP contribution in [-0.4, -0.2) is 43.1 Å². The molecule has 0 atom stereocenters. The summed E-state index contributed by atoms with van der Waals surface area (Å²) >= 11 is 0. The summed E-state index contributed by atoms with van der Waals surface area (Å²) in [7, 11) is 1.65. The van der Waals surface area contributed by atoms with Crippen LogP contribution in [0.5, 0.6) is 5.75 Å². The van der Waals surface area contributed by atoms with Gasteiger partial charge in [0.2, 0.25) is 0 Å². The molecule has 0 saturated carbocycles. The van der Waals surface area contributed by atoms with Gasteiger partial charge in [0.1, 0.15) is 12.3 Å². The molecule has 0 aliphatic heterocycles. The Bertz CT molecular complexity index is 592. The van der Waals surface area contributed by atoms with Crippen molar-refractivity contribution in [3.63, 3.8) is 0 Å². The van der Waals surface area contributed by atoms with E-state index < -0.39 is 0 Å². The monoisotopic (exact) mass is 265 g/mol. The molecule has 0 radical (unpaired) electrons. The highest BCUT2D eigenvalue weighted by Crippen LogP contribution is 2.04. The molecular formula is C10H15N7O2. The van der Waals surface area contributed by atoms with Gasteiger partial charge in [-0.1, -0.05) is 0 Å². The van der Waals surface area contributed by atoms with E-state index in [0.717, 1.165) is 6.42 Å². The number of aryl methyl sites for hydroxylation is 1. The van der Waals surface area contributed by atoms with Crippen LogP contribution in [0.25, 0.3) is 0 Å². The van der Waals surface area contributed by atoms with Gasteiger partial charge in [0.05, 0.1) is 19.9 Å². The summed E-state index contributed by atoms with van der Waals surface area (Å²) in [5.74, 6) is 0.857. The van der Waals surface area contributed by atoms with Gasteiger partial charge in [0.25, 0.3) is 5.56 Å². The average molecular weight is 265 g/mol. The number of ether oxygens (including phenoxy) is 1. The Hall–Kier alpha value is -2.29. The molecule has 2 rings (SSSR count). The van der Waals surface area contributed by atoms with Crippen molar-refractivity contribution in [2.75, 3.05) is 13.2 Å². The van der Waals surface area contributed by atoms with E-state index in [1.54, 1.807) is 7.05 Å². The van der Waals surface area contributed by atoms with Crippen LogP contribution in [0.3, 0.4) is 0 Å². The van der Waals surface area contributed by atoms with Gasteiger partial charge in [-0.15, -0.1) is 10.2 Å². The van der Waals surface area contributed by atoms with Gasteiger partial charge in [0, 0.05) is 6.07 Å². The Morgan fingerprint density at radius 2 is 2.32 bits per heavy atom. The number of nitrogens with zero attached hydrogens (tertiary/aromatic N) is 6. The standard InChI is InChI=1S/C10H15N7O2/c1-16-14-9(13-15-16)7-17-10(18)5-8(6-12-17)19-4-2-3-11/h5-6H,2-4,7,11H2,1H3. The molecule has 2 N–H and O–H groups in total. The third-order valence-electron chi connectivity index (χ3n) is 2.30. The topological polar surface area (TPSA) is 114 Å². The number of rotatable bonds is 6. The molecule has 2 aromatic heterocycles. The first-order valence-electron chi connectivity index (χ1n) is 5.82. The minimum atomic E-state index is -0.280. The fourth-order valence-corrected chi connectivity index (χ4v) is 1.41. The normalized spacial score (nSPS) is 10.6. The van der Waals surface area contributed by atoms with Crippen LogP contribution >= 0.6 is 0 Å². The van der Waals surface area contributed by atoms with Crippen molar-refractivity contribution in [1.29, 1.82) is 0 Å². The Morgan fingerprint density at radius 3 is 2.95 bits per heavy atom. The maximum atomic E-state index is 11.8. The van der Waals surface area contributed by atoms with Crippen LogP contribution in [0.15, 0.2) is 17.1 Å². The van der Waals surface area contributed by atoms with E-state index in [1.807, 2.05) is 0 Å². The van der Waals surface area contributed by atoms with Gasteiger partial charge in [0.15, 0.2) is 5.82 Å². The van der Waals surface area contributed by atoms with Gasteiger partial charge in [-0.05, 0) is 18.2 Å². The molecule has 2 aromatic rings. The average Bonchev–Trinajstić information content (AvgIpc) is 2.79. The summed E-state index contributed by atoms with van der Waals surface area (Å²) in [5, 5.41) is 15.5. The lowest BCUT2D eigenvalue weighted by atomic mass is 10.4. The first kappa shape index (κ1) is 13.1. The highest BCUT2D eigenvalue weighted by Gasteiger charge is 2.06. The van der Waals surface area contributed by atoms with Crippen LogP contribution in [0, 0.1) is 0 Å². The van der Waals surface area contributed by atoms with Gasteiger partial charge in [-0.25, -0.2) is 4.68 Å². The molecule has 9 heteroatoms. The summed E-state index contributed by atoms with van der Waals surface area (Å²) in [6.07, 6.45) is 2.21. The predicted molar refractivity (Wildman–Crippen MR) is 65.6 cm³/mol. The van der Waals surface area contributed by atoms with Crippen LogP contribution in [-0.2, 0) is 13.6 Å². The van der Waals surface area contributed by atoms with E-state index in [9.17, 15) is 4.79 Å². The highest BCUT2D eigenvalue weighted by molar-refractivity contribution is 5.13. The van der Waals surface area contributed by atoms with Crippen molar-refractivity contribution in [2.24, 2.45) is 12.8 Å². The van der Waals surface area contributed by atoms with Crippen molar-refractivity contribution in [2.45, 2.75) is 13.0 Å². The maximum absolute atomic E-state index is 11.8. The number of hydrogen-bond donors (Lipinski definition) is 1. The Labute approximate surface area is 109 Å². The van der Waals surface area contributed by atoms with Gasteiger partial charge >= 0.3 is 0 Å². The number of nitrogens with two attached hydrogens (primary N) is 1. The molecule has 102 valence electrons.